The van der Waals surface area contributed by atoms with Gasteiger partial charge in [-0.1, -0.05) is 36.4 Å². The SMILES string of the molecule is CC(C)Oc1ccc2c3ccc(OCCNC[C@H](O)c4ccc(F)c(NS(C)(=O)=O)c4)cc3n(Cc3ccccc3)c2c1. The maximum Gasteiger partial charge on any atom is 0.229 e. The molecule has 0 radical (unpaired) electrons. The third kappa shape index (κ3) is 7.64. The number of fused-ring (bicyclic) bond motifs is 3. The lowest BCUT2D eigenvalue weighted by Crippen LogP contribution is -2.26. The quantitative estimate of drug-likeness (QED) is 0.146. The van der Waals surface area contributed by atoms with Gasteiger partial charge in [0.2, 0.25) is 10.0 Å². The van der Waals surface area contributed by atoms with E-state index in [2.05, 4.69) is 44.9 Å². The molecule has 10 heteroatoms. The molecule has 0 saturated carbocycles. The van der Waals surface area contributed by atoms with E-state index in [9.17, 15) is 17.9 Å². The number of hydrogen-bond donors (Lipinski definition) is 3. The smallest absolute Gasteiger partial charge is 0.229 e. The van der Waals surface area contributed by atoms with Crippen molar-refractivity contribution in [2.24, 2.45) is 0 Å². The lowest BCUT2D eigenvalue weighted by molar-refractivity contribution is 0.172. The molecule has 5 aromatic rings. The molecule has 5 rings (SSSR count). The summed E-state index contributed by atoms with van der Waals surface area (Å²) in [7, 11) is -3.65. The Morgan fingerprint density at radius 2 is 1.58 bits per heavy atom. The van der Waals surface area contributed by atoms with Gasteiger partial charge in [-0.2, -0.15) is 0 Å². The highest BCUT2D eigenvalue weighted by Crippen LogP contribution is 2.34. The van der Waals surface area contributed by atoms with Gasteiger partial charge in [0.1, 0.15) is 23.9 Å². The molecule has 0 fully saturated rings. The van der Waals surface area contributed by atoms with Crippen LogP contribution in [0.1, 0.15) is 31.1 Å². The van der Waals surface area contributed by atoms with E-state index in [1.807, 2.05) is 50.2 Å². The maximum absolute atomic E-state index is 14.0. The zero-order valence-corrected chi connectivity index (χ0v) is 25.2. The number of nitrogens with zero attached hydrogens (tertiary/aromatic N) is 1. The Kier molecular flexibility index (Phi) is 9.19. The van der Waals surface area contributed by atoms with Crippen LogP contribution < -0.4 is 19.5 Å². The first kappa shape index (κ1) is 30.3. The molecule has 0 saturated heterocycles. The predicted octanol–water partition coefficient (Wildman–Crippen LogP) is 5.84. The minimum absolute atomic E-state index is 0.0733. The Balaban J connectivity index is 1.27. The van der Waals surface area contributed by atoms with Crippen LogP contribution in [0.4, 0.5) is 10.1 Å². The van der Waals surface area contributed by atoms with Crippen molar-refractivity contribution in [2.45, 2.75) is 32.6 Å². The van der Waals surface area contributed by atoms with Crippen molar-refractivity contribution >= 4 is 37.5 Å². The Bertz CT molecular complexity index is 1820. The van der Waals surface area contributed by atoms with Crippen molar-refractivity contribution < 1.29 is 27.4 Å². The van der Waals surface area contributed by atoms with E-state index >= 15 is 0 Å². The molecule has 8 nitrogen and oxygen atoms in total. The molecular weight excluding hydrogens is 569 g/mol. The summed E-state index contributed by atoms with van der Waals surface area (Å²) in [5.74, 6) is 0.834. The van der Waals surface area contributed by atoms with Crippen LogP contribution in [0.2, 0.25) is 0 Å². The Morgan fingerprint density at radius 1 is 0.907 bits per heavy atom. The minimum Gasteiger partial charge on any atom is -0.492 e. The van der Waals surface area contributed by atoms with Crippen molar-refractivity contribution in [1.82, 2.24) is 9.88 Å². The van der Waals surface area contributed by atoms with Gasteiger partial charge in [-0.15, -0.1) is 0 Å². The van der Waals surface area contributed by atoms with Gasteiger partial charge >= 0.3 is 0 Å². The number of benzene rings is 4. The van der Waals surface area contributed by atoms with E-state index in [4.69, 9.17) is 9.47 Å². The van der Waals surface area contributed by atoms with Crippen molar-refractivity contribution in [3.63, 3.8) is 0 Å². The summed E-state index contributed by atoms with van der Waals surface area (Å²) in [6, 6.07) is 26.4. The zero-order valence-electron chi connectivity index (χ0n) is 24.4. The van der Waals surface area contributed by atoms with Crippen molar-refractivity contribution in [1.29, 1.82) is 0 Å². The summed E-state index contributed by atoms with van der Waals surface area (Å²) in [5, 5.41) is 15.9. The second-order valence-electron chi connectivity index (χ2n) is 10.8. The number of ether oxygens (including phenoxy) is 2. The van der Waals surface area contributed by atoms with Crippen LogP contribution in [0.5, 0.6) is 11.5 Å². The first-order valence-electron chi connectivity index (χ1n) is 14.1. The number of halogens is 1. The molecule has 1 aromatic heterocycles. The van der Waals surface area contributed by atoms with E-state index in [1.54, 1.807) is 0 Å². The fourth-order valence-corrected chi connectivity index (χ4v) is 5.61. The summed E-state index contributed by atoms with van der Waals surface area (Å²) in [5.41, 5.74) is 3.51. The second kappa shape index (κ2) is 13.0. The van der Waals surface area contributed by atoms with Gasteiger partial charge in [0.05, 0.1) is 35.2 Å². The predicted molar refractivity (Wildman–Crippen MR) is 169 cm³/mol. The number of rotatable bonds is 13. The first-order chi connectivity index (χ1) is 20.6. The molecule has 0 aliphatic heterocycles. The molecule has 1 heterocycles. The molecule has 0 bridgehead atoms. The van der Waals surface area contributed by atoms with Crippen molar-refractivity contribution in [2.75, 3.05) is 30.7 Å². The number of anilines is 1. The molecule has 43 heavy (non-hydrogen) atoms. The molecule has 0 aliphatic carbocycles. The highest BCUT2D eigenvalue weighted by molar-refractivity contribution is 7.92. The maximum atomic E-state index is 14.0. The van der Waals surface area contributed by atoms with E-state index < -0.39 is 21.9 Å². The molecule has 0 aliphatic rings. The molecule has 3 N–H and O–H groups in total. The van der Waals surface area contributed by atoms with E-state index in [0.29, 0.717) is 25.3 Å². The third-order valence-corrected chi connectivity index (χ3v) is 7.51. The van der Waals surface area contributed by atoms with E-state index in [1.165, 1.54) is 17.7 Å². The van der Waals surface area contributed by atoms with Crippen LogP contribution in [0, 0.1) is 5.82 Å². The molecule has 4 aromatic carbocycles. The van der Waals surface area contributed by atoms with Crippen LogP contribution in [0.15, 0.2) is 84.9 Å². The Hall–Kier alpha value is -4.12. The van der Waals surface area contributed by atoms with Gasteiger partial charge in [-0.25, -0.2) is 12.8 Å². The highest BCUT2D eigenvalue weighted by Gasteiger charge is 2.15. The standard InChI is InChI=1S/C33H36FN3O5S/c1-22(2)42-26-11-13-28-27-12-10-25(18-31(27)37(32(28)19-26)21-23-7-5-4-6-8-23)41-16-15-35-20-33(38)24-9-14-29(34)30(17-24)36-43(3,39)40/h4-14,17-19,22,33,35-36,38H,15-16,20-21H2,1-3H3/t33-/m0/s1. The van der Waals surface area contributed by atoms with Crippen LogP contribution >= 0.6 is 0 Å². The normalized spacial score (nSPS) is 12.6. The zero-order chi connectivity index (χ0) is 30.6. The van der Waals surface area contributed by atoms with Gasteiger partial charge in [-0.3, -0.25) is 4.72 Å². The number of aliphatic hydroxyl groups is 1. The van der Waals surface area contributed by atoms with Crippen molar-refractivity contribution in [3.8, 4) is 11.5 Å². The number of sulfonamides is 1. The average Bonchev–Trinajstić information content (AvgIpc) is 3.25. The number of aliphatic hydroxyl groups excluding tert-OH is 1. The lowest BCUT2D eigenvalue weighted by atomic mass is 10.1. The summed E-state index contributed by atoms with van der Waals surface area (Å²) < 4.78 is 53.4. The van der Waals surface area contributed by atoms with Crippen LogP contribution in [-0.2, 0) is 16.6 Å². The molecule has 0 unspecified atom stereocenters. The fraction of sp³-hybridized carbons (Fsp3) is 0.273. The number of aromatic nitrogens is 1. The van der Waals surface area contributed by atoms with Gasteiger partial charge in [0.25, 0.3) is 0 Å². The monoisotopic (exact) mass is 605 g/mol. The Morgan fingerprint density at radius 3 is 2.26 bits per heavy atom. The molecule has 0 amide bonds. The number of hydrogen-bond acceptors (Lipinski definition) is 6. The summed E-state index contributed by atoms with van der Waals surface area (Å²) in [6.07, 6.45) is 0.0515. The molecule has 1 atom stereocenters. The molecular formula is C33H36FN3O5S. The number of nitrogens with one attached hydrogen (secondary N) is 2. The topological polar surface area (TPSA) is 102 Å². The van der Waals surface area contributed by atoms with Crippen LogP contribution in [-0.4, -0.2) is 50.1 Å². The van der Waals surface area contributed by atoms with Crippen LogP contribution in [0.3, 0.4) is 0 Å². The van der Waals surface area contributed by atoms with Crippen LogP contribution in [0.25, 0.3) is 21.8 Å². The van der Waals surface area contributed by atoms with Gasteiger partial charge in [0.15, 0.2) is 0 Å². The van der Waals surface area contributed by atoms with E-state index in [0.717, 1.165) is 45.6 Å². The minimum atomic E-state index is -3.65. The molecule has 0 spiro atoms. The fourth-order valence-electron chi connectivity index (χ4n) is 5.05. The average molecular weight is 606 g/mol. The highest BCUT2D eigenvalue weighted by atomic mass is 32.2. The van der Waals surface area contributed by atoms with Gasteiger partial charge < -0.3 is 24.5 Å². The summed E-state index contributed by atoms with van der Waals surface area (Å²) in [6.45, 7) is 5.71. The molecule has 226 valence electrons. The Labute approximate surface area is 251 Å². The largest absolute Gasteiger partial charge is 0.492 e. The second-order valence-corrected chi connectivity index (χ2v) is 12.5. The van der Waals surface area contributed by atoms with Gasteiger partial charge in [-0.05, 0) is 61.4 Å². The third-order valence-electron chi connectivity index (χ3n) is 6.92. The van der Waals surface area contributed by atoms with E-state index in [-0.39, 0.29) is 18.3 Å². The summed E-state index contributed by atoms with van der Waals surface area (Å²) in [4.78, 5) is 0. The summed E-state index contributed by atoms with van der Waals surface area (Å²) >= 11 is 0. The first-order valence-corrected chi connectivity index (χ1v) is 16.0. The van der Waals surface area contributed by atoms with Gasteiger partial charge in [0, 0.05) is 42.5 Å². The van der Waals surface area contributed by atoms with Crippen molar-refractivity contribution in [3.05, 3.63) is 102 Å². The lowest BCUT2D eigenvalue weighted by Gasteiger charge is -2.15.